The summed E-state index contributed by atoms with van der Waals surface area (Å²) >= 11 is 0. The summed E-state index contributed by atoms with van der Waals surface area (Å²) in [5.74, 6) is 1.61. The average molecular weight is 330 g/mol. The topological polar surface area (TPSA) is 41.6 Å². The number of carbonyl (C=O) groups is 1. The van der Waals surface area contributed by atoms with Crippen LogP contribution in [0.15, 0.2) is 24.3 Å². The predicted molar refractivity (Wildman–Crippen MR) is 95.5 cm³/mol. The van der Waals surface area contributed by atoms with E-state index in [1.165, 1.54) is 25.1 Å². The first-order chi connectivity index (χ1) is 11.6. The molecular weight excluding hydrogens is 300 g/mol. The third kappa shape index (κ3) is 4.81. The van der Waals surface area contributed by atoms with E-state index in [4.69, 9.17) is 4.74 Å². The first-order valence-electron chi connectivity index (χ1n) is 9.29. The minimum atomic E-state index is -0.243. The first-order valence-corrected chi connectivity index (χ1v) is 9.29. The monoisotopic (exact) mass is 330 g/mol. The molecule has 1 amide bonds. The van der Waals surface area contributed by atoms with Crippen LogP contribution in [0.5, 0.6) is 0 Å². The van der Waals surface area contributed by atoms with Gasteiger partial charge in [0, 0.05) is 32.8 Å². The Balaban J connectivity index is 1.47. The maximum Gasteiger partial charge on any atom is 0.249 e. The van der Waals surface area contributed by atoms with E-state index in [2.05, 4.69) is 48.3 Å². The number of ether oxygens (including phenoxy) is 1. The summed E-state index contributed by atoms with van der Waals surface area (Å²) in [6.45, 7) is 9.41. The molecule has 1 aromatic carbocycles. The van der Waals surface area contributed by atoms with Crippen LogP contribution in [0.25, 0.3) is 0 Å². The lowest BCUT2D eigenvalue weighted by molar-refractivity contribution is -0.130. The quantitative estimate of drug-likeness (QED) is 0.902. The number of amides is 1. The highest BCUT2D eigenvalue weighted by molar-refractivity contribution is 5.80. The molecular formula is C20H30N2O2. The Bertz CT molecular complexity index is 527. The maximum absolute atomic E-state index is 12.0. The fourth-order valence-electron chi connectivity index (χ4n) is 4.03. The highest BCUT2D eigenvalue weighted by Crippen LogP contribution is 2.22. The second-order valence-corrected chi connectivity index (χ2v) is 7.68. The molecule has 2 heterocycles. The van der Waals surface area contributed by atoms with Gasteiger partial charge in [0.05, 0.1) is 0 Å². The predicted octanol–water partition coefficient (Wildman–Crippen LogP) is 2.96. The molecule has 0 aliphatic carbocycles. The summed E-state index contributed by atoms with van der Waals surface area (Å²) in [6.07, 6.45) is 2.94. The van der Waals surface area contributed by atoms with Crippen molar-refractivity contribution in [2.45, 2.75) is 52.3 Å². The zero-order valence-electron chi connectivity index (χ0n) is 15.0. The molecule has 2 aliphatic heterocycles. The zero-order chi connectivity index (χ0) is 16.9. The molecule has 2 saturated heterocycles. The molecule has 3 atom stereocenters. The van der Waals surface area contributed by atoms with Gasteiger partial charge in [-0.25, -0.2) is 0 Å². The number of nitrogens with zero attached hydrogens (tertiary/aromatic N) is 1. The van der Waals surface area contributed by atoms with E-state index in [0.29, 0.717) is 13.2 Å². The van der Waals surface area contributed by atoms with Gasteiger partial charge in [-0.05, 0) is 42.2 Å². The van der Waals surface area contributed by atoms with Crippen LogP contribution in [0, 0.1) is 11.8 Å². The molecule has 24 heavy (non-hydrogen) atoms. The minimum Gasteiger partial charge on any atom is -0.368 e. The summed E-state index contributed by atoms with van der Waals surface area (Å²) < 4.78 is 5.41. The highest BCUT2D eigenvalue weighted by atomic mass is 16.5. The van der Waals surface area contributed by atoms with E-state index >= 15 is 0 Å². The summed E-state index contributed by atoms with van der Waals surface area (Å²) in [5, 5.41) is 2.98. The summed E-state index contributed by atoms with van der Waals surface area (Å²) in [7, 11) is 0. The normalized spacial score (nSPS) is 28.0. The molecule has 1 aromatic rings. The SMILES string of the molecule is C[C@@H]1C[C@H](C)CN(Cc2ccc(CNC(=O)[C@H]3CCCO3)cc2)C1. The number of likely N-dealkylation sites (tertiary alicyclic amines) is 1. The molecule has 2 aliphatic rings. The van der Waals surface area contributed by atoms with Gasteiger partial charge in [0.15, 0.2) is 0 Å². The van der Waals surface area contributed by atoms with Gasteiger partial charge in [-0.15, -0.1) is 0 Å². The number of benzene rings is 1. The van der Waals surface area contributed by atoms with Gasteiger partial charge in [-0.2, -0.15) is 0 Å². The lowest BCUT2D eigenvalue weighted by atomic mass is 9.91. The Hall–Kier alpha value is -1.39. The molecule has 4 heteroatoms. The van der Waals surface area contributed by atoms with E-state index in [1.54, 1.807) is 0 Å². The van der Waals surface area contributed by atoms with Crippen molar-refractivity contribution < 1.29 is 9.53 Å². The van der Waals surface area contributed by atoms with Gasteiger partial charge in [-0.3, -0.25) is 9.69 Å². The Morgan fingerprint density at radius 2 is 1.83 bits per heavy atom. The molecule has 0 aromatic heterocycles. The number of piperidine rings is 1. The molecule has 4 nitrogen and oxygen atoms in total. The van der Waals surface area contributed by atoms with E-state index in [9.17, 15) is 4.79 Å². The second-order valence-electron chi connectivity index (χ2n) is 7.68. The molecule has 132 valence electrons. The standard InChI is InChI=1S/C20H30N2O2/c1-15-10-16(2)13-22(12-15)14-18-7-5-17(6-8-18)11-21-20(23)19-4-3-9-24-19/h5-8,15-16,19H,3-4,9-14H2,1-2H3,(H,21,23)/t15-,16+,19-/m1/s1. The van der Waals surface area contributed by atoms with Crippen molar-refractivity contribution in [1.29, 1.82) is 0 Å². The van der Waals surface area contributed by atoms with E-state index in [-0.39, 0.29) is 12.0 Å². The Labute approximate surface area is 145 Å². The Morgan fingerprint density at radius 1 is 1.17 bits per heavy atom. The molecule has 3 rings (SSSR count). The van der Waals surface area contributed by atoms with Gasteiger partial charge in [0.2, 0.25) is 5.91 Å². The van der Waals surface area contributed by atoms with E-state index in [1.807, 2.05) is 0 Å². The van der Waals surface area contributed by atoms with Gasteiger partial charge in [0.25, 0.3) is 0 Å². The van der Waals surface area contributed by atoms with Gasteiger partial charge < -0.3 is 10.1 Å². The lowest BCUT2D eigenvalue weighted by Gasteiger charge is -2.35. The summed E-state index contributed by atoms with van der Waals surface area (Å²) in [6, 6.07) is 8.64. The second kappa shape index (κ2) is 8.13. The third-order valence-electron chi connectivity index (χ3n) is 5.06. The molecule has 2 fully saturated rings. The Kier molecular flexibility index (Phi) is 5.90. The van der Waals surface area contributed by atoms with Gasteiger partial charge in [0.1, 0.15) is 6.10 Å². The van der Waals surface area contributed by atoms with Crippen LogP contribution in [0.4, 0.5) is 0 Å². The largest absolute Gasteiger partial charge is 0.368 e. The number of nitrogens with one attached hydrogen (secondary N) is 1. The van der Waals surface area contributed by atoms with E-state index in [0.717, 1.165) is 36.8 Å². The lowest BCUT2D eigenvalue weighted by Crippen LogP contribution is -2.38. The molecule has 1 N–H and O–H groups in total. The zero-order valence-corrected chi connectivity index (χ0v) is 15.0. The molecule has 0 spiro atoms. The van der Waals surface area contributed by atoms with Crippen LogP contribution in [0.1, 0.15) is 44.2 Å². The highest BCUT2D eigenvalue weighted by Gasteiger charge is 2.23. The fraction of sp³-hybridized carbons (Fsp3) is 0.650. The molecule has 0 bridgehead atoms. The van der Waals surface area contributed by atoms with Gasteiger partial charge >= 0.3 is 0 Å². The molecule has 0 saturated carbocycles. The van der Waals surface area contributed by atoms with Crippen molar-refractivity contribution in [3.05, 3.63) is 35.4 Å². The fourth-order valence-corrected chi connectivity index (χ4v) is 4.03. The number of carbonyl (C=O) groups excluding carboxylic acids is 1. The van der Waals surface area contributed by atoms with Crippen LogP contribution in [-0.2, 0) is 22.6 Å². The number of hydrogen-bond donors (Lipinski definition) is 1. The molecule has 0 radical (unpaired) electrons. The smallest absolute Gasteiger partial charge is 0.249 e. The van der Waals surface area contributed by atoms with Gasteiger partial charge in [-0.1, -0.05) is 38.1 Å². The van der Waals surface area contributed by atoms with Crippen LogP contribution in [-0.4, -0.2) is 36.6 Å². The number of rotatable bonds is 5. The number of hydrogen-bond acceptors (Lipinski definition) is 3. The molecule has 0 unspecified atom stereocenters. The maximum atomic E-state index is 12.0. The van der Waals surface area contributed by atoms with Crippen molar-refractivity contribution in [3.8, 4) is 0 Å². The minimum absolute atomic E-state index is 0.0212. The van der Waals surface area contributed by atoms with Crippen LogP contribution in [0.2, 0.25) is 0 Å². The summed E-state index contributed by atoms with van der Waals surface area (Å²) in [4.78, 5) is 14.5. The van der Waals surface area contributed by atoms with Crippen molar-refractivity contribution in [2.24, 2.45) is 11.8 Å². The van der Waals surface area contributed by atoms with Crippen molar-refractivity contribution >= 4 is 5.91 Å². The van der Waals surface area contributed by atoms with Crippen LogP contribution >= 0.6 is 0 Å². The third-order valence-corrected chi connectivity index (χ3v) is 5.06. The summed E-state index contributed by atoms with van der Waals surface area (Å²) in [5.41, 5.74) is 2.50. The average Bonchev–Trinajstić information content (AvgIpc) is 3.07. The van der Waals surface area contributed by atoms with Crippen LogP contribution in [0.3, 0.4) is 0 Å². The van der Waals surface area contributed by atoms with Crippen molar-refractivity contribution in [3.63, 3.8) is 0 Å². The van der Waals surface area contributed by atoms with Crippen molar-refractivity contribution in [2.75, 3.05) is 19.7 Å². The Morgan fingerprint density at radius 3 is 2.46 bits per heavy atom. The first kappa shape index (κ1) is 17.4. The van der Waals surface area contributed by atoms with Crippen molar-refractivity contribution in [1.82, 2.24) is 10.2 Å². The van der Waals surface area contributed by atoms with Crippen LogP contribution < -0.4 is 5.32 Å². The van der Waals surface area contributed by atoms with E-state index < -0.39 is 0 Å².